The van der Waals surface area contributed by atoms with Crippen molar-refractivity contribution in [2.75, 3.05) is 10.6 Å². The molecule has 1 saturated carbocycles. The molecule has 0 saturated heterocycles. The molecule has 1 fully saturated rings. The van der Waals surface area contributed by atoms with Gasteiger partial charge in [-0.15, -0.1) is 0 Å². The monoisotopic (exact) mass is 360 g/mol. The van der Waals surface area contributed by atoms with Crippen LogP contribution >= 0.6 is 15.9 Å². The van der Waals surface area contributed by atoms with Crippen molar-refractivity contribution in [2.24, 2.45) is 0 Å². The van der Waals surface area contributed by atoms with Crippen LogP contribution in [0.3, 0.4) is 0 Å². The molecule has 2 N–H and O–H groups in total. The number of benzene rings is 1. The van der Waals surface area contributed by atoms with Crippen molar-refractivity contribution >= 4 is 33.4 Å². The van der Waals surface area contributed by atoms with Gasteiger partial charge in [0.1, 0.15) is 5.82 Å². The Balaban J connectivity index is 1.85. The van der Waals surface area contributed by atoms with Crippen molar-refractivity contribution < 1.29 is 0 Å². The number of halogens is 1. The molecule has 2 aromatic rings. The minimum Gasteiger partial charge on any atom is -0.352 e. The zero-order valence-corrected chi connectivity index (χ0v) is 14.5. The van der Waals surface area contributed by atoms with E-state index in [1.807, 2.05) is 24.3 Å². The first-order valence-corrected chi connectivity index (χ1v) is 8.61. The van der Waals surface area contributed by atoms with Gasteiger partial charge in [-0.05, 0) is 44.4 Å². The van der Waals surface area contributed by atoms with E-state index in [4.69, 9.17) is 0 Å². The topological polar surface area (TPSA) is 49.8 Å². The Morgan fingerprint density at radius 1 is 1.27 bits per heavy atom. The number of nitrogens with one attached hydrogen (secondary N) is 2. The number of nitrogens with zero attached hydrogens (tertiary/aromatic N) is 2. The first-order valence-electron chi connectivity index (χ1n) is 7.82. The van der Waals surface area contributed by atoms with Gasteiger partial charge in [0.2, 0.25) is 5.95 Å². The molecule has 0 amide bonds. The predicted octanol–water partition coefficient (Wildman–Crippen LogP) is 5.07. The van der Waals surface area contributed by atoms with Crippen molar-refractivity contribution in [3.8, 4) is 0 Å². The zero-order valence-electron chi connectivity index (χ0n) is 12.9. The molecule has 0 spiro atoms. The molecule has 1 aliphatic carbocycles. The molecule has 116 valence electrons. The van der Waals surface area contributed by atoms with Gasteiger partial charge in [0, 0.05) is 28.2 Å². The number of hydrogen-bond donors (Lipinski definition) is 2. The molecule has 5 heteroatoms. The van der Waals surface area contributed by atoms with E-state index in [0.717, 1.165) is 34.0 Å². The first-order chi connectivity index (χ1) is 10.6. The van der Waals surface area contributed by atoms with E-state index in [1.165, 1.54) is 12.8 Å². The van der Waals surface area contributed by atoms with Gasteiger partial charge in [-0.25, -0.2) is 4.98 Å². The van der Waals surface area contributed by atoms with Crippen LogP contribution in [0, 0.1) is 0 Å². The van der Waals surface area contributed by atoms with Crippen LogP contribution in [0.25, 0.3) is 0 Å². The third-order valence-electron chi connectivity index (χ3n) is 3.83. The van der Waals surface area contributed by atoms with Crippen molar-refractivity contribution in [3.63, 3.8) is 0 Å². The molecule has 1 atom stereocenters. The minimum absolute atomic E-state index is 0.369. The Labute approximate surface area is 139 Å². The maximum Gasteiger partial charge on any atom is 0.225 e. The van der Waals surface area contributed by atoms with Gasteiger partial charge < -0.3 is 10.6 Å². The second-order valence-electron chi connectivity index (χ2n) is 5.86. The summed E-state index contributed by atoms with van der Waals surface area (Å²) in [5.74, 6) is 2.17. The Morgan fingerprint density at radius 2 is 2.09 bits per heavy atom. The number of hydrogen-bond acceptors (Lipinski definition) is 4. The second kappa shape index (κ2) is 6.65. The summed E-state index contributed by atoms with van der Waals surface area (Å²) in [6.45, 7) is 4.30. The molecule has 22 heavy (non-hydrogen) atoms. The van der Waals surface area contributed by atoms with Crippen LogP contribution in [0.2, 0.25) is 0 Å². The fourth-order valence-corrected chi connectivity index (χ4v) is 2.62. The van der Waals surface area contributed by atoms with Crippen LogP contribution < -0.4 is 10.6 Å². The number of anilines is 3. The molecule has 3 rings (SSSR count). The normalized spacial score (nSPS) is 15.4. The lowest BCUT2D eigenvalue weighted by molar-refractivity contribution is 0.750. The van der Waals surface area contributed by atoms with Crippen molar-refractivity contribution in [1.82, 2.24) is 9.97 Å². The summed E-state index contributed by atoms with van der Waals surface area (Å²) in [6.07, 6.45) is 3.51. The molecular formula is C17H21BrN4. The highest BCUT2D eigenvalue weighted by atomic mass is 79.9. The quantitative estimate of drug-likeness (QED) is 0.754. The molecule has 0 unspecified atom stereocenters. The van der Waals surface area contributed by atoms with Crippen molar-refractivity contribution in [2.45, 2.75) is 45.1 Å². The van der Waals surface area contributed by atoms with E-state index in [-0.39, 0.29) is 0 Å². The molecule has 0 aliphatic heterocycles. The molecule has 1 aromatic carbocycles. The van der Waals surface area contributed by atoms with E-state index in [9.17, 15) is 0 Å². The van der Waals surface area contributed by atoms with Crippen LogP contribution in [0.1, 0.15) is 44.7 Å². The zero-order chi connectivity index (χ0) is 15.5. The highest BCUT2D eigenvalue weighted by Crippen LogP contribution is 2.40. The highest BCUT2D eigenvalue weighted by Gasteiger charge is 2.26. The highest BCUT2D eigenvalue weighted by molar-refractivity contribution is 9.10. The molecule has 4 nitrogen and oxygen atoms in total. The molecule has 0 bridgehead atoms. The van der Waals surface area contributed by atoms with Gasteiger partial charge in [-0.3, -0.25) is 0 Å². The molecular weight excluding hydrogens is 340 g/mol. The maximum atomic E-state index is 4.67. The van der Waals surface area contributed by atoms with Gasteiger partial charge in [0.15, 0.2) is 0 Å². The van der Waals surface area contributed by atoms with Crippen LogP contribution in [0.5, 0.6) is 0 Å². The molecule has 1 heterocycles. The Bertz CT molecular complexity index is 655. The van der Waals surface area contributed by atoms with Crippen LogP contribution in [-0.2, 0) is 0 Å². The molecule has 0 radical (unpaired) electrons. The fraction of sp³-hybridized carbons (Fsp3) is 0.412. The third-order valence-corrected chi connectivity index (χ3v) is 4.32. The summed E-state index contributed by atoms with van der Waals surface area (Å²) in [6, 6.07) is 10.5. The SMILES string of the molecule is CC[C@H](C)Nc1nc(Nc2cccc(Br)c2)cc(C2CC2)n1. The van der Waals surface area contributed by atoms with Crippen molar-refractivity contribution in [1.29, 1.82) is 0 Å². The maximum absolute atomic E-state index is 4.67. The van der Waals surface area contributed by atoms with Gasteiger partial charge in [0.05, 0.1) is 5.69 Å². The number of aromatic nitrogens is 2. The number of rotatable bonds is 6. The second-order valence-corrected chi connectivity index (χ2v) is 6.78. The average molecular weight is 361 g/mol. The summed E-state index contributed by atoms with van der Waals surface area (Å²) in [5.41, 5.74) is 2.16. The van der Waals surface area contributed by atoms with E-state index >= 15 is 0 Å². The summed E-state index contributed by atoms with van der Waals surface area (Å²) < 4.78 is 1.05. The predicted molar refractivity (Wildman–Crippen MR) is 94.8 cm³/mol. The lowest BCUT2D eigenvalue weighted by Crippen LogP contribution is -2.16. The molecule has 1 aliphatic rings. The Hall–Kier alpha value is -1.62. The van der Waals surface area contributed by atoms with Crippen LogP contribution in [0.15, 0.2) is 34.8 Å². The third kappa shape index (κ3) is 3.97. The van der Waals surface area contributed by atoms with Gasteiger partial charge in [-0.1, -0.05) is 28.9 Å². The lowest BCUT2D eigenvalue weighted by Gasteiger charge is -2.14. The first kappa shape index (κ1) is 15.3. The van der Waals surface area contributed by atoms with Crippen LogP contribution in [0.4, 0.5) is 17.5 Å². The van der Waals surface area contributed by atoms with Gasteiger partial charge >= 0.3 is 0 Å². The Kier molecular flexibility index (Phi) is 4.62. The molecule has 1 aromatic heterocycles. The van der Waals surface area contributed by atoms with Gasteiger partial charge in [-0.2, -0.15) is 4.98 Å². The fourth-order valence-electron chi connectivity index (χ4n) is 2.22. The largest absolute Gasteiger partial charge is 0.352 e. The summed E-state index contributed by atoms with van der Waals surface area (Å²) in [4.78, 5) is 9.28. The van der Waals surface area contributed by atoms with E-state index in [0.29, 0.717) is 12.0 Å². The standard InChI is InChI=1S/C17H21BrN4/c1-3-11(2)19-17-21-15(12-7-8-12)10-16(22-17)20-14-6-4-5-13(18)9-14/h4-6,9-12H,3,7-8H2,1-2H3,(H2,19,20,21,22)/t11-/m0/s1. The summed E-state index contributed by atoms with van der Waals surface area (Å²) >= 11 is 3.49. The van der Waals surface area contributed by atoms with Gasteiger partial charge in [0.25, 0.3) is 0 Å². The minimum atomic E-state index is 0.369. The van der Waals surface area contributed by atoms with E-state index in [1.54, 1.807) is 0 Å². The summed E-state index contributed by atoms with van der Waals surface area (Å²) in [5, 5.41) is 6.76. The summed E-state index contributed by atoms with van der Waals surface area (Å²) in [7, 11) is 0. The lowest BCUT2D eigenvalue weighted by atomic mass is 10.2. The van der Waals surface area contributed by atoms with E-state index in [2.05, 4.69) is 56.4 Å². The van der Waals surface area contributed by atoms with Crippen molar-refractivity contribution in [3.05, 3.63) is 40.5 Å². The average Bonchev–Trinajstić information content (AvgIpc) is 3.31. The van der Waals surface area contributed by atoms with Crippen LogP contribution in [-0.4, -0.2) is 16.0 Å². The van der Waals surface area contributed by atoms with E-state index < -0.39 is 0 Å². The Morgan fingerprint density at radius 3 is 2.77 bits per heavy atom. The smallest absolute Gasteiger partial charge is 0.225 e.